The van der Waals surface area contributed by atoms with E-state index in [1.165, 1.54) is 14.0 Å². The zero-order valence-electron chi connectivity index (χ0n) is 10.8. The average molecular weight is 307 g/mol. The molecule has 20 heavy (non-hydrogen) atoms. The predicted octanol–water partition coefficient (Wildman–Crippen LogP) is 1.01. The van der Waals surface area contributed by atoms with Gasteiger partial charge in [-0.2, -0.15) is 0 Å². The molecule has 0 heterocycles. The van der Waals surface area contributed by atoms with Crippen molar-refractivity contribution in [2.24, 2.45) is 0 Å². The fourth-order valence-corrected chi connectivity index (χ4v) is 2.75. The normalized spacial score (nSPS) is 12.9. The van der Waals surface area contributed by atoms with Crippen molar-refractivity contribution in [2.75, 3.05) is 17.6 Å². The van der Waals surface area contributed by atoms with Gasteiger partial charge in [0, 0.05) is 13.2 Å². The minimum atomic E-state index is -3.92. The summed E-state index contributed by atoms with van der Waals surface area (Å²) in [4.78, 5) is 11.0. The molecule has 0 saturated heterocycles. The maximum Gasteiger partial charge on any atom is 0.337 e. The molecular weight excluding hydrogens is 293 g/mol. The number of nitrogens with one attached hydrogen (secondary N) is 1. The SMILES string of the molecule is COC(C)CS(=O)(=O)Nc1cc(F)c(O)cc1C(=O)O. The number of anilines is 1. The number of phenolic OH excluding ortho intramolecular Hbond substituents is 1. The van der Waals surface area contributed by atoms with Crippen LogP contribution in [0.15, 0.2) is 12.1 Å². The van der Waals surface area contributed by atoms with Crippen molar-refractivity contribution < 1.29 is 32.6 Å². The molecule has 0 spiro atoms. The summed E-state index contributed by atoms with van der Waals surface area (Å²) in [6.07, 6.45) is -0.622. The largest absolute Gasteiger partial charge is 0.505 e. The van der Waals surface area contributed by atoms with E-state index in [4.69, 9.17) is 14.9 Å². The number of sulfonamides is 1. The van der Waals surface area contributed by atoms with Crippen molar-refractivity contribution in [2.45, 2.75) is 13.0 Å². The van der Waals surface area contributed by atoms with Gasteiger partial charge in [0.15, 0.2) is 11.6 Å². The molecular formula is C11H14FNO6S. The number of benzene rings is 1. The van der Waals surface area contributed by atoms with Gasteiger partial charge in [0.05, 0.1) is 23.1 Å². The average Bonchev–Trinajstić information content (AvgIpc) is 2.31. The standard InChI is InChI=1S/C11H14FNO6S/c1-6(19-2)5-20(17,18)13-9-4-8(12)10(14)3-7(9)11(15)16/h3-4,6,13-14H,5H2,1-2H3,(H,15,16). The Kier molecular flexibility index (Phi) is 4.90. The van der Waals surface area contributed by atoms with Crippen molar-refractivity contribution in [3.05, 3.63) is 23.5 Å². The van der Waals surface area contributed by atoms with E-state index in [9.17, 15) is 17.6 Å². The van der Waals surface area contributed by atoms with Gasteiger partial charge in [0.2, 0.25) is 10.0 Å². The van der Waals surface area contributed by atoms with Crippen LogP contribution < -0.4 is 4.72 Å². The highest BCUT2D eigenvalue weighted by molar-refractivity contribution is 7.92. The molecule has 1 aromatic carbocycles. The van der Waals surface area contributed by atoms with Crippen molar-refractivity contribution in [1.29, 1.82) is 0 Å². The van der Waals surface area contributed by atoms with Gasteiger partial charge in [-0.1, -0.05) is 0 Å². The number of hydrogen-bond acceptors (Lipinski definition) is 5. The summed E-state index contributed by atoms with van der Waals surface area (Å²) >= 11 is 0. The van der Waals surface area contributed by atoms with Gasteiger partial charge in [-0.15, -0.1) is 0 Å². The van der Waals surface area contributed by atoms with Gasteiger partial charge < -0.3 is 14.9 Å². The molecule has 0 fully saturated rings. The van der Waals surface area contributed by atoms with Crippen LogP contribution in [0.1, 0.15) is 17.3 Å². The Hall–Kier alpha value is -1.87. The summed E-state index contributed by atoms with van der Waals surface area (Å²) in [6.45, 7) is 1.51. The number of carboxylic acids is 1. The third-order valence-corrected chi connectivity index (χ3v) is 3.88. The fourth-order valence-electron chi connectivity index (χ4n) is 1.41. The van der Waals surface area contributed by atoms with Crippen LogP contribution in [-0.4, -0.2) is 43.6 Å². The van der Waals surface area contributed by atoms with Crippen molar-refractivity contribution in [3.8, 4) is 5.75 Å². The number of hydrogen-bond donors (Lipinski definition) is 3. The molecule has 7 nitrogen and oxygen atoms in total. The molecule has 1 unspecified atom stereocenters. The summed E-state index contributed by atoms with van der Waals surface area (Å²) in [5.41, 5.74) is -1.02. The molecule has 112 valence electrons. The molecule has 0 saturated carbocycles. The number of ether oxygens (including phenoxy) is 1. The molecule has 1 atom stereocenters. The van der Waals surface area contributed by atoms with Crippen LogP contribution in [0.25, 0.3) is 0 Å². The number of carbonyl (C=O) groups is 1. The lowest BCUT2D eigenvalue weighted by Crippen LogP contribution is -2.26. The first-order valence-corrected chi connectivity index (χ1v) is 7.10. The lowest BCUT2D eigenvalue weighted by molar-refractivity contribution is 0.0697. The lowest BCUT2D eigenvalue weighted by Gasteiger charge is -2.14. The zero-order chi connectivity index (χ0) is 15.5. The second kappa shape index (κ2) is 6.06. The first kappa shape index (κ1) is 16.2. The maximum atomic E-state index is 13.2. The summed E-state index contributed by atoms with van der Waals surface area (Å²) in [5.74, 6) is -3.94. The summed E-state index contributed by atoms with van der Waals surface area (Å²) in [6, 6.07) is 1.24. The van der Waals surface area contributed by atoms with E-state index in [1.54, 1.807) is 0 Å². The fraction of sp³-hybridized carbons (Fsp3) is 0.364. The highest BCUT2D eigenvalue weighted by Gasteiger charge is 2.21. The lowest BCUT2D eigenvalue weighted by atomic mass is 10.1. The number of aromatic carboxylic acids is 1. The third kappa shape index (κ3) is 4.07. The number of aromatic hydroxyl groups is 1. The Morgan fingerprint density at radius 1 is 1.50 bits per heavy atom. The maximum absolute atomic E-state index is 13.2. The topological polar surface area (TPSA) is 113 Å². The Balaban J connectivity index is 3.14. The van der Waals surface area contributed by atoms with E-state index >= 15 is 0 Å². The van der Waals surface area contributed by atoms with Crippen LogP contribution in [0, 0.1) is 5.82 Å². The number of methoxy groups -OCH3 is 1. The van der Waals surface area contributed by atoms with E-state index in [-0.39, 0.29) is 0 Å². The van der Waals surface area contributed by atoms with E-state index < -0.39 is 50.7 Å². The van der Waals surface area contributed by atoms with Gasteiger partial charge in [-0.05, 0) is 13.0 Å². The first-order valence-electron chi connectivity index (χ1n) is 5.45. The van der Waals surface area contributed by atoms with Crippen molar-refractivity contribution in [3.63, 3.8) is 0 Å². The second-order valence-electron chi connectivity index (χ2n) is 4.08. The first-order chi connectivity index (χ1) is 9.16. The molecule has 0 bridgehead atoms. The van der Waals surface area contributed by atoms with E-state index in [0.717, 1.165) is 0 Å². The van der Waals surface area contributed by atoms with Crippen LogP contribution >= 0.6 is 0 Å². The van der Waals surface area contributed by atoms with Crippen LogP contribution in [0.5, 0.6) is 5.75 Å². The van der Waals surface area contributed by atoms with Crippen molar-refractivity contribution in [1.82, 2.24) is 0 Å². The molecule has 3 N–H and O–H groups in total. The Morgan fingerprint density at radius 3 is 2.60 bits per heavy atom. The molecule has 9 heteroatoms. The molecule has 0 amide bonds. The van der Waals surface area contributed by atoms with E-state index in [0.29, 0.717) is 12.1 Å². The summed E-state index contributed by atoms with van der Waals surface area (Å²) in [5, 5.41) is 18.0. The molecule has 0 aliphatic rings. The highest BCUT2D eigenvalue weighted by Crippen LogP contribution is 2.26. The summed E-state index contributed by atoms with van der Waals surface area (Å²) < 4.78 is 43.5. The second-order valence-corrected chi connectivity index (χ2v) is 5.85. The number of carboxylic acid groups (broad SMARTS) is 1. The van der Waals surface area contributed by atoms with E-state index in [1.807, 2.05) is 4.72 Å². The summed E-state index contributed by atoms with van der Waals surface area (Å²) in [7, 11) is -2.60. The number of rotatable bonds is 6. The van der Waals surface area contributed by atoms with Gasteiger partial charge in [-0.25, -0.2) is 17.6 Å². The third-order valence-electron chi connectivity index (χ3n) is 2.44. The van der Waals surface area contributed by atoms with Crippen LogP contribution in [0.3, 0.4) is 0 Å². The smallest absolute Gasteiger partial charge is 0.337 e. The monoisotopic (exact) mass is 307 g/mol. The minimum Gasteiger partial charge on any atom is -0.505 e. The van der Waals surface area contributed by atoms with Gasteiger partial charge in [0.1, 0.15) is 0 Å². The molecule has 0 aromatic heterocycles. The quantitative estimate of drug-likeness (QED) is 0.676. The van der Waals surface area contributed by atoms with Crippen molar-refractivity contribution >= 4 is 21.7 Å². The molecule has 1 aromatic rings. The Morgan fingerprint density at radius 2 is 2.10 bits per heavy atom. The Bertz CT molecular complexity index is 616. The Labute approximate surface area is 115 Å². The van der Waals surface area contributed by atoms with E-state index in [2.05, 4.69) is 0 Å². The van der Waals surface area contributed by atoms with Crippen LogP contribution in [0.4, 0.5) is 10.1 Å². The van der Waals surface area contributed by atoms with Crippen LogP contribution in [0.2, 0.25) is 0 Å². The number of phenols is 1. The minimum absolute atomic E-state index is 0.426. The molecule has 0 aliphatic heterocycles. The molecule has 0 aliphatic carbocycles. The number of halogens is 1. The molecule has 1 rings (SSSR count). The predicted molar refractivity (Wildman–Crippen MR) is 68.9 cm³/mol. The van der Waals surface area contributed by atoms with Crippen LogP contribution in [-0.2, 0) is 14.8 Å². The highest BCUT2D eigenvalue weighted by atomic mass is 32.2. The van der Waals surface area contributed by atoms with Gasteiger partial charge in [0.25, 0.3) is 0 Å². The zero-order valence-corrected chi connectivity index (χ0v) is 11.6. The van der Waals surface area contributed by atoms with Gasteiger partial charge in [-0.3, -0.25) is 4.72 Å². The van der Waals surface area contributed by atoms with Gasteiger partial charge >= 0.3 is 5.97 Å². The molecule has 0 radical (unpaired) electrons.